The highest BCUT2D eigenvalue weighted by atomic mass is 35.5. The third kappa shape index (κ3) is 4.99. The van der Waals surface area contributed by atoms with Crippen LogP contribution in [0.15, 0.2) is 30.3 Å². The number of amides is 2. The summed E-state index contributed by atoms with van der Waals surface area (Å²) in [5.41, 5.74) is 3.14. The molecule has 0 unspecified atom stereocenters. The molecule has 1 fully saturated rings. The van der Waals surface area contributed by atoms with Gasteiger partial charge in [0.1, 0.15) is 5.75 Å². The van der Waals surface area contributed by atoms with Gasteiger partial charge in [-0.3, -0.25) is 9.59 Å². The largest absolute Gasteiger partial charge is 0.493 e. The van der Waals surface area contributed by atoms with E-state index < -0.39 is 0 Å². The number of rotatable bonds is 5. The molecular weight excluding hydrogens is 444 g/mol. The molecule has 4 rings (SSSR count). The smallest absolute Gasteiger partial charge is 0.246 e. The van der Waals surface area contributed by atoms with E-state index in [1.54, 1.807) is 28.9 Å². The van der Waals surface area contributed by atoms with Gasteiger partial charge in [0.2, 0.25) is 11.8 Å². The van der Waals surface area contributed by atoms with Gasteiger partial charge in [0.15, 0.2) is 5.75 Å². The van der Waals surface area contributed by atoms with E-state index >= 15 is 0 Å². The molecule has 0 spiro atoms. The van der Waals surface area contributed by atoms with Crippen LogP contribution in [0.2, 0.25) is 5.02 Å². The van der Waals surface area contributed by atoms with E-state index in [0.29, 0.717) is 62.1 Å². The van der Waals surface area contributed by atoms with Gasteiger partial charge in [-0.2, -0.15) is 4.89 Å². The van der Waals surface area contributed by atoms with Crippen LogP contribution in [-0.4, -0.2) is 61.0 Å². The number of benzene rings is 2. The van der Waals surface area contributed by atoms with Gasteiger partial charge in [-0.15, -0.1) is 0 Å². The molecule has 33 heavy (non-hydrogen) atoms. The monoisotopic (exact) mass is 469 g/mol. The molecule has 1 saturated heterocycles. The van der Waals surface area contributed by atoms with Crippen LogP contribution in [-0.2, 0) is 20.9 Å². The molecule has 0 saturated carbocycles. The van der Waals surface area contributed by atoms with Crippen molar-refractivity contribution in [3.8, 4) is 22.6 Å². The minimum Gasteiger partial charge on any atom is -0.493 e. The number of carbonyl (C=O) groups excluding carboxylic acids is 2. The van der Waals surface area contributed by atoms with E-state index in [9.17, 15) is 9.59 Å². The lowest BCUT2D eigenvalue weighted by Crippen LogP contribution is -2.49. The number of carbonyl (C=O) groups is 2. The summed E-state index contributed by atoms with van der Waals surface area (Å²) in [6, 6.07) is 10.4. The second-order valence-corrected chi connectivity index (χ2v) is 8.17. The Kier molecular flexibility index (Phi) is 7.20. The van der Waals surface area contributed by atoms with E-state index in [4.69, 9.17) is 26.1 Å². The van der Waals surface area contributed by atoms with Crippen molar-refractivity contribution < 1.29 is 24.1 Å². The normalized spacial score (nSPS) is 15.8. The van der Waals surface area contributed by atoms with E-state index in [0.717, 1.165) is 22.4 Å². The van der Waals surface area contributed by atoms with Gasteiger partial charge in [0.25, 0.3) is 0 Å². The fourth-order valence-corrected chi connectivity index (χ4v) is 4.36. The molecule has 2 aromatic carbocycles. The average Bonchev–Trinajstić information content (AvgIpc) is 2.83. The van der Waals surface area contributed by atoms with Crippen molar-refractivity contribution in [2.45, 2.75) is 20.3 Å². The number of piperazine rings is 1. The molecule has 2 aliphatic heterocycles. The van der Waals surface area contributed by atoms with Crippen molar-refractivity contribution in [2.75, 3.05) is 39.4 Å². The lowest BCUT2D eigenvalue weighted by Gasteiger charge is -2.33. The lowest BCUT2D eigenvalue weighted by molar-refractivity contribution is -0.214. The minimum absolute atomic E-state index is 0.0300. The summed E-state index contributed by atoms with van der Waals surface area (Å²) in [7, 11) is 0. The van der Waals surface area contributed by atoms with Crippen LogP contribution in [0.5, 0.6) is 11.5 Å². The maximum atomic E-state index is 12.8. The molecule has 2 aliphatic rings. The molecule has 7 nitrogen and oxygen atoms in total. The van der Waals surface area contributed by atoms with Crippen molar-refractivity contribution in [1.82, 2.24) is 9.80 Å². The molecule has 2 heterocycles. The number of ether oxygens (including phenoxy) is 1. The maximum absolute atomic E-state index is 12.8. The topological polar surface area (TPSA) is 68.3 Å². The molecule has 0 N–H and O–H groups in total. The SMILES string of the molecule is CCOc1ccc(-c2c(Cl)[c]ccc2/C=C/C(=O)N2CCN(C(C)=O)CC2)c2c1CCOO2. The van der Waals surface area contributed by atoms with Gasteiger partial charge < -0.3 is 19.4 Å². The van der Waals surface area contributed by atoms with Gasteiger partial charge >= 0.3 is 0 Å². The summed E-state index contributed by atoms with van der Waals surface area (Å²) in [6.07, 6.45) is 3.95. The van der Waals surface area contributed by atoms with Crippen molar-refractivity contribution in [2.24, 2.45) is 0 Å². The summed E-state index contributed by atoms with van der Waals surface area (Å²) in [4.78, 5) is 38.6. The van der Waals surface area contributed by atoms with Crippen LogP contribution in [0, 0.1) is 6.07 Å². The highest BCUT2D eigenvalue weighted by Gasteiger charge is 2.25. The minimum atomic E-state index is -0.110. The Morgan fingerprint density at radius 3 is 2.67 bits per heavy atom. The molecule has 2 aromatic rings. The number of nitrogens with zero attached hydrogens (tertiary/aromatic N) is 2. The second kappa shape index (κ2) is 10.3. The molecule has 0 bridgehead atoms. The van der Waals surface area contributed by atoms with Gasteiger partial charge in [-0.1, -0.05) is 23.7 Å². The van der Waals surface area contributed by atoms with Crippen molar-refractivity contribution >= 4 is 29.5 Å². The third-order valence-corrected chi connectivity index (χ3v) is 6.09. The Balaban J connectivity index is 1.63. The molecule has 173 valence electrons. The summed E-state index contributed by atoms with van der Waals surface area (Å²) in [5, 5.41) is 0.417. The summed E-state index contributed by atoms with van der Waals surface area (Å²) >= 11 is 6.57. The first-order chi connectivity index (χ1) is 16.0. The van der Waals surface area contributed by atoms with E-state index in [2.05, 4.69) is 6.07 Å². The van der Waals surface area contributed by atoms with E-state index in [1.165, 1.54) is 6.08 Å². The number of fused-ring (bicyclic) bond motifs is 1. The number of hydrogen-bond acceptors (Lipinski definition) is 5. The first-order valence-electron chi connectivity index (χ1n) is 11.0. The standard InChI is InChI=1S/C25H26ClN2O5/c1-3-31-22-9-8-20(25-19(22)11-16-32-33-25)24-18(5-4-6-21(24)26)7-10-23(30)28-14-12-27(13-15-28)17(2)29/h4-5,7-10H,3,11-16H2,1-2H3/b10-7+. The Morgan fingerprint density at radius 1 is 1.18 bits per heavy atom. The van der Waals surface area contributed by atoms with Crippen LogP contribution in [0.3, 0.4) is 0 Å². The molecule has 8 heteroatoms. The van der Waals surface area contributed by atoms with Crippen LogP contribution in [0.25, 0.3) is 17.2 Å². The quantitative estimate of drug-likeness (QED) is 0.492. The first-order valence-corrected chi connectivity index (χ1v) is 11.4. The summed E-state index contributed by atoms with van der Waals surface area (Å²) < 4.78 is 5.76. The predicted molar refractivity (Wildman–Crippen MR) is 125 cm³/mol. The summed E-state index contributed by atoms with van der Waals surface area (Å²) in [5.74, 6) is 1.24. The van der Waals surface area contributed by atoms with E-state index in [1.807, 2.05) is 25.1 Å². The number of hydrogen-bond donors (Lipinski definition) is 0. The summed E-state index contributed by atoms with van der Waals surface area (Å²) in [6.45, 7) is 6.57. The van der Waals surface area contributed by atoms with E-state index in [-0.39, 0.29) is 11.8 Å². The average molecular weight is 470 g/mol. The van der Waals surface area contributed by atoms with Crippen molar-refractivity contribution in [1.29, 1.82) is 0 Å². The molecule has 1 radical (unpaired) electrons. The molecular formula is C25H26ClN2O5. The maximum Gasteiger partial charge on any atom is 0.246 e. The van der Waals surface area contributed by atoms with Crippen molar-refractivity contribution in [3.05, 3.63) is 52.6 Å². The Morgan fingerprint density at radius 2 is 1.94 bits per heavy atom. The molecule has 0 atom stereocenters. The highest BCUT2D eigenvalue weighted by Crippen LogP contribution is 2.44. The lowest BCUT2D eigenvalue weighted by atomic mass is 9.94. The molecule has 0 aromatic heterocycles. The Bertz CT molecular complexity index is 1080. The van der Waals surface area contributed by atoms with Gasteiger partial charge in [0, 0.05) is 68.4 Å². The zero-order valence-corrected chi connectivity index (χ0v) is 19.5. The van der Waals surface area contributed by atoms with Gasteiger partial charge in [-0.25, -0.2) is 0 Å². The van der Waals surface area contributed by atoms with Gasteiger partial charge in [0.05, 0.1) is 18.2 Å². The predicted octanol–water partition coefficient (Wildman–Crippen LogP) is 3.78. The zero-order chi connectivity index (χ0) is 23.4. The second-order valence-electron chi connectivity index (χ2n) is 7.79. The van der Waals surface area contributed by atoms with Gasteiger partial charge in [-0.05, 0) is 30.7 Å². The van der Waals surface area contributed by atoms with Crippen molar-refractivity contribution in [3.63, 3.8) is 0 Å². The Labute approximate surface area is 198 Å². The number of halogens is 1. The van der Waals surface area contributed by atoms with Crippen LogP contribution < -0.4 is 9.62 Å². The van der Waals surface area contributed by atoms with Crippen LogP contribution >= 0.6 is 11.6 Å². The zero-order valence-electron chi connectivity index (χ0n) is 18.7. The van der Waals surface area contributed by atoms with Crippen LogP contribution in [0.1, 0.15) is 25.0 Å². The highest BCUT2D eigenvalue weighted by molar-refractivity contribution is 6.33. The Hall–Kier alpha value is -3.03. The fraction of sp³-hybridized carbons (Fsp3) is 0.360. The van der Waals surface area contributed by atoms with Crippen LogP contribution in [0.4, 0.5) is 0 Å². The third-order valence-electron chi connectivity index (χ3n) is 5.79. The molecule has 2 amide bonds. The first kappa shape index (κ1) is 23.1. The fourth-order valence-electron chi connectivity index (χ4n) is 4.08. The molecule has 0 aliphatic carbocycles.